The maximum absolute atomic E-state index is 12.4. The number of fused-ring (bicyclic) bond motifs is 1. The largest absolute Gasteiger partial charge is 0.342 e. The predicted molar refractivity (Wildman–Crippen MR) is 87.8 cm³/mol. The van der Waals surface area contributed by atoms with Crippen LogP contribution < -0.4 is 5.32 Å². The van der Waals surface area contributed by atoms with E-state index >= 15 is 0 Å². The topological polar surface area (TPSA) is 68.2 Å². The number of likely N-dealkylation sites (N-methyl/N-ethyl adjacent to an activating group) is 1. The Kier molecular flexibility index (Phi) is 4.21. The van der Waals surface area contributed by atoms with Crippen molar-refractivity contribution in [2.75, 3.05) is 26.7 Å². The van der Waals surface area contributed by atoms with Gasteiger partial charge in [-0.15, -0.1) is 0 Å². The summed E-state index contributed by atoms with van der Waals surface area (Å²) >= 11 is 0. The van der Waals surface area contributed by atoms with Gasteiger partial charge in [-0.25, -0.2) is 9.79 Å². The highest BCUT2D eigenvalue weighted by Crippen LogP contribution is 2.28. The zero-order chi connectivity index (χ0) is 16.7. The maximum Gasteiger partial charge on any atom is 0.325 e. The number of nitrogens with zero attached hydrogens (tertiary/aromatic N) is 4. The molecule has 2 saturated heterocycles. The average molecular weight is 321 g/mol. The van der Waals surface area contributed by atoms with E-state index in [1.807, 2.05) is 0 Å². The third kappa shape index (κ3) is 2.88. The molecular weight excluding hydrogens is 294 g/mol. The van der Waals surface area contributed by atoms with Crippen LogP contribution in [0, 0.1) is 11.8 Å². The monoisotopic (exact) mass is 321 g/mol. The van der Waals surface area contributed by atoms with Gasteiger partial charge >= 0.3 is 6.03 Å². The Morgan fingerprint density at radius 1 is 1.35 bits per heavy atom. The van der Waals surface area contributed by atoms with Gasteiger partial charge in [0, 0.05) is 26.7 Å². The molecule has 0 saturated carbocycles. The van der Waals surface area contributed by atoms with E-state index < -0.39 is 12.2 Å². The minimum absolute atomic E-state index is 0.234. The Morgan fingerprint density at radius 3 is 2.74 bits per heavy atom. The standard InChI is InChI=1S/C16H27N5O2/c1-10(2)8-21-12-13(19(4)16(23)18-14(12)22)17-15(21)20-7-5-6-11(3)9-20/h10-13H,5-9H2,1-4H3,(H,18,22,23). The van der Waals surface area contributed by atoms with Crippen LogP contribution in [0.2, 0.25) is 0 Å². The molecule has 3 unspecified atom stereocenters. The number of guanidine groups is 1. The average Bonchev–Trinajstić information content (AvgIpc) is 2.84. The van der Waals surface area contributed by atoms with Gasteiger partial charge in [-0.3, -0.25) is 10.1 Å². The number of carbonyl (C=O) groups excluding carboxylic acids is 2. The van der Waals surface area contributed by atoms with Crippen LogP contribution >= 0.6 is 0 Å². The fourth-order valence-electron chi connectivity index (χ4n) is 3.73. The van der Waals surface area contributed by atoms with Gasteiger partial charge in [0.2, 0.25) is 0 Å². The van der Waals surface area contributed by atoms with E-state index in [1.165, 1.54) is 6.42 Å². The van der Waals surface area contributed by atoms with Crippen LogP contribution in [0.25, 0.3) is 0 Å². The van der Waals surface area contributed by atoms with Gasteiger partial charge < -0.3 is 14.7 Å². The Morgan fingerprint density at radius 2 is 2.09 bits per heavy atom. The quantitative estimate of drug-likeness (QED) is 0.821. The van der Waals surface area contributed by atoms with E-state index in [0.717, 1.165) is 32.0 Å². The Hall–Kier alpha value is -1.79. The Balaban J connectivity index is 1.91. The summed E-state index contributed by atoms with van der Waals surface area (Å²) < 4.78 is 0. The number of likely N-dealkylation sites (tertiary alicyclic amines) is 1. The van der Waals surface area contributed by atoms with Gasteiger partial charge in [0.1, 0.15) is 0 Å². The maximum atomic E-state index is 12.4. The number of rotatable bonds is 2. The summed E-state index contributed by atoms with van der Waals surface area (Å²) in [5, 5.41) is 2.45. The molecule has 0 aromatic rings. The summed E-state index contributed by atoms with van der Waals surface area (Å²) in [6, 6.07) is -0.773. The molecule has 0 spiro atoms. The lowest BCUT2D eigenvalue weighted by molar-refractivity contribution is -0.127. The van der Waals surface area contributed by atoms with Gasteiger partial charge in [0.25, 0.3) is 5.91 Å². The van der Waals surface area contributed by atoms with Gasteiger partial charge in [-0.05, 0) is 24.7 Å². The Labute approximate surface area is 137 Å². The van der Waals surface area contributed by atoms with Crippen LogP contribution in [-0.4, -0.2) is 71.5 Å². The molecule has 3 atom stereocenters. The zero-order valence-corrected chi connectivity index (χ0v) is 14.5. The van der Waals surface area contributed by atoms with Crippen molar-refractivity contribution in [3.05, 3.63) is 0 Å². The molecular formula is C16H27N5O2. The highest BCUT2D eigenvalue weighted by Gasteiger charge is 2.49. The lowest BCUT2D eigenvalue weighted by Gasteiger charge is -2.40. The molecule has 3 aliphatic rings. The van der Waals surface area contributed by atoms with Gasteiger partial charge in [-0.2, -0.15) is 0 Å². The third-order valence-electron chi connectivity index (χ3n) is 4.84. The fraction of sp³-hybridized carbons (Fsp3) is 0.812. The van der Waals surface area contributed by atoms with E-state index in [9.17, 15) is 9.59 Å². The number of imide groups is 1. The number of hydrogen-bond acceptors (Lipinski definition) is 5. The molecule has 0 bridgehead atoms. The molecule has 0 aliphatic carbocycles. The molecule has 3 heterocycles. The van der Waals surface area contributed by atoms with Gasteiger partial charge in [0.15, 0.2) is 18.2 Å². The van der Waals surface area contributed by atoms with Crippen molar-refractivity contribution < 1.29 is 9.59 Å². The first-order valence-electron chi connectivity index (χ1n) is 8.55. The summed E-state index contributed by atoms with van der Waals surface area (Å²) in [6.45, 7) is 9.23. The first-order chi connectivity index (χ1) is 10.9. The molecule has 7 nitrogen and oxygen atoms in total. The van der Waals surface area contributed by atoms with Crippen molar-refractivity contribution in [1.82, 2.24) is 20.0 Å². The predicted octanol–water partition coefficient (Wildman–Crippen LogP) is 0.922. The van der Waals surface area contributed by atoms with E-state index in [1.54, 1.807) is 11.9 Å². The van der Waals surface area contributed by atoms with E-state index in [4.69, 9.17) is 4.99 Å². The molecule has 0 aromatic heterocycles. The van der Waals surface area contributed by atoms with Crippen LogP contribution in [0.15, 0.2) is 4.99 Å². The number of amides is 3. The van der Waals surface area contributed by atoms with E-state index in [2.05, 4.69) is 35.9 Å². The van der Waals surface area contributed by atoms with Crippen molar-refractivity contribution in [2.24, 2.45) is 16.8 Å². The van der Waals surface area contributed by atoms with Crippen LogP contribution in [-0.2, 0) is 4.79 Å². The molecule has 3 aliphatic heterocycles. The highest BCUT2D eigenvalue weighted by atomic mass is 16.2. The van der Waals surface area contributed by atoms with Crippen LogP contribution in [0.5, 0.6) is 0 Å². The van der Waals surface area contributed by atoms with Gasteiger partial charge in [0.05, 0.1) is 0 Å². The number of nitrogens with one attached hydrogen (secondary N) is 1. The van der Waals surface area contributed by atoms with Gasteiger partial charge in [-0.1, -0.05) is 20.8 Å². The van der Waals surface area contributed by atoms with Crippen LogP contribution in [0.3, 0.4) is 0 Å². The molecule has 3 amide bonds. The first kappa shape index (κ1) is 16.1. The molecule has 2 fully saturated rings. The fourth-order valence-corrected chi connectivity index (χ4v) is 3.73. The molecule has 1 N–H and O–H groups in total. The minimum Gasteiger partial charge on any atom is -0.342 e. The van der Waals surface area contributed by atoms with Crippen LogP contribution in [0.1, 0.15) is 33.6 Å². The highest BCUT2D eigenvalue weighted by molar-refractivity contribution is 6.03. The number of hydrogen-bond donors (Lipinski definition) is 1. The third-order valence-corrected chi connectivity index (χ3v) is 4.84. The number of carbonyl (C=O) groups is 2. The molecule has 0 aromatic carbocycles. The van der Waals surface area contributed by atoms with E-state index in [-0.39, 0.29) is 11.9 Å². The normalized spacial score (nSPS) is 31.4. The number of piperidine rings is 1. The van der Waals surface area contributed by atoms with E-state index in [0.29, 0.717) is 11.8 Å². The second-order valence-electron chi connectivity index (χ2n) is 7.43. The lowest BCUT2D eigenvalue weighted by atomic mass is 10.0. The van der Waals surface area contributed by atoms with Crippen molar-refractivity contribution in [3.63, 3.8) is 0 Å². The van der Waals surface area contributed by atoms with Crippen molar-refractivity contribution >= 4 is 17.9 Å². The SMILES string of the molecule is CC(C)CN1C(N2CCCC(C)C2)=NC2C1C(=O)NC(=O)N2C. The Bertz CT molecular complexity index is 533. The summed E-state index contributed by atoms with van der Waals surface area (Å²) in [5.41, 5.74) is 0. The molecule has 3 rings (SSSR count). The smallest absolute Gasteiger partial charge is 0.325 e. The molecule has 23 heavy (non-hydrogen) atoms. The summed E-state index contributed by atoms with van der Waals surface area (Å²) in [5.74, 6) is 1.69. The second kappa shape index (κ2) is 6.02. The second-order valence-corrected chi connectivity index (χ2v) is 7.43. The molecule has 128 valence electrons. The number of urea groups is 1. The molecule has 0 radical (unpaired) electrons. The lowest BCUT2D eigenvalue weighted by Crippen LogP contribution is -2.64. The molecule has 7 heteroatoms. The zero-order valence-electron chi connectivity index (χ0n) is 14.5. The van der Waals surface area contributed by atoms with Crippen molar-refractivity contribution in [3.8, 4) is 0 Å². The summed E-state index contributed by atoms with van der Waals surface area (Å²) in [6.07, 6.45) is 1.97. The number of aliphatic imine (C=N–C) groups is 1. The minimum atomic E-state index is -0.415. The summed E-state index contributed by atoms with van der Waals surface area (Å²) in [7, 11) is 1.71. The van der Waals surface area contributed by atoms with Crippen LogP contribution in [0.4, 0.5) is 4.79 Å². The first-order valence-corrected chi connectivity index (χ1v) is 8.55. The van der Waals surface area contributed by atoms with Crippen molar-refractivity contribution in [2.45, 2.75) is 45.8 Å². The summed E-state index contributed by atoms with van der Waals surface area (Å²) in [4.78, 5) is 35.1. The van der Waals surface area contributed by atoms with Crippen molar-refractivity contribution in [1.29, 1.82) is 0 Å².